The van der Waals surface area contributed by atoms with E-state index >= 15 is 0 Å². The molecular formula is C27H63N3O9Si3. The third kappa shape index (κ3) is 14.1. The molecule has 0 spiro atoms. The molecule has 0 unspecified atom stereocenters. The first-order valence-corrected chi connectivity index (χ1v) is 22.0. The van der Waals surface area contributed by atoms with Gasteiger partial charge in [0.05, 0.1) is 20.0 Å². The van der Waals surface area contributed by atoms with Gasteiger partial charge >= 0.3 is 26.4 Å². The molecule has 0 bridgehead atoms. The molecule has 1 fully saturated rings. The van der Waals surface area contributed by atoms with Crippen LogP contribution in [0.4, 0.5) is 0 Å². The van der Waals surface area contributed by atoms with E-state index in [-0.39, 0.29) is 0 Å². The highest BCUT2D eigenvalue weighted by Gasteiger charge is 2.44. The Morgan fingerprint density at radius 2 is 0.500 bits per heavy atom. The van der Waals surface area contributed by atoms with Crippen LogP contribution < -0.4 is 0 Å². The Labute approximate surface area is 260 Å². The SMILES string of the molecule is CCO[Si](CCN1CN(CC[Si](OCC)(OCC)OCC)CN(CC[Si](OCC)(OCC)OCC)C1)(OCC)OCC. The van der Waals surface area contributed by atoms with Gasteiger partial charge in [-0.25, -0.2) is 0 Å². The van der Waals surface area contributed by atoms with E-state index in [1.54, 1.807) is 0 Å². The summed E-state index contributed by atoms with van der Waals surface area (Å²) in [6.45, 7) is 28.0. The Morgan fingerprint density at radius 1 is 0.333 bits per heavy atom. The lowest BCUT2D eigenvalue weighted by atomic mass is 10.4. The fraction of sp³-hybridized carbons (Fsp3) is 1.00. The van der Waals surface area contributed by atoms with Gasteiger partial charge in [-0.15, -0.1) is 0 Å². The van der Waals surface area contributed by atoms with Gasteiger partial charge < -0.3 is 39.8 Å². The van der Waals surface area contributed by atoms with Crippen molar-refractivity contribution in [1.29, 1.82) is 0 Å². The lowest BCUT2D eigenvalue weighted by molar-refractivity contribution is -0.0307. The first-order valence-electron chi connectivity index (χ1n) is 16.2. The van der Waals surface area contributed by atoms with Crippen LogP contribution in [-0.4, -0.2) is 140 Å². The maximum atomic E-state index is 6.15. The minimum Gasteiger partial charge on any atom is -0.374 e. The third-order valence-electron chi connectivity index (χ3n) is 6.68. The van der Waals surface area contributed by atoms with Crippen molar-refractivity contribution in [2.24, 2.45) is 0 Å². The van der Waals surface area contributed by atoms with Gasteiger partial charge in [-0.2, -0.15) is 0 Å². The quantitative estimate of drug-likeness (QED) is 0.120. The maximum Gasteiger partial charge on any atom is 0.502 e. The van der Waals surface area contributed by atoms with E-state index in [0.29, 0.717) is 59.5 Å². The highest BCUT2D eigenvalue weighted by atomic mass is 28.4. The van der Waals surface area contributed by atoms with Gasteiger partial charge in [0.15, 0.2) is 0 Å². The Hall–Kier alpha value is 0.171. The largest absolute Gasteiger partial charge is 0.502 e. The first-order chi connectivity index (χ1) is 20.3. The molecule has 1 rings (SSSR count). The summed E-state index contributed by atoms with van der Waals surface area (Å²) in [4.78, 5) is 7.33. The third-order valence-corrected chi connectivity index (χ3v) is 15.7. The summed E-state index contributed by atoms with van der Waals surface area (Å²) >= 11 is 0. The van der Waals surface area contributed by atoms with Crippen molar-refractivity contribution in [3.63, 3.8) is 0 Å². The van der Waals surface area contributed by atoms with Gasteiger partial charge in [-0.1, -0.05) is 0 Å². The summed E-state index contributed by atoms with van der Waals surface area (Å²) in [5, 5.41) is 0. The number of hydrogen-bond acceptors (Lipinski definition) is 12. The smallest absolute Gasteiger partial charge is 0.374 e. The zero-order chi connectivity index (χ0) is 31.3. The summed E-state index contributed by atoms with van der Waals surface area (Å²) in [6.07, 6.45) is 0. The van der Waals surface area contributed by atoms with E-state index in [9.17, 15) is 0 Å². The lowest BCUT2D eigenvalue weighted by Gasteiger charge is -2.44. The minimum atomic E-state index is -2.77. The summed E-state index contributed by atoms with van der Waals surface area (Å²) in [5.41, 5.74) is 0. The molecule has 1 heterocycles. The lowest BCUT2D eigenvalue weighted by Crippen LogP contribution is -2.59. The Morgan fingerprint density at radius 3 is 0.643 bits per heavy atom. The molecular weight excluding hydrogens is 595 g/mol. The fourth-order valence-electron chi connectivity index (χ4n) is 5.30. The zero-order valence-electron chi connectivity index (χ0n) is 28.2. The molecule has 12 nitrogen and oxygen atoms in total. The highest BCUT2D eigenvalue weighted by molar-refractivity contribution is 6.61. The zero-order valence-corrected chi connectivity index (χ0v) is 31.2. The van der Waals surface area contributed by atoms with Gasteiger partial charge in [0.2, 0.25) is 0 Å². The van der Waals surface area contributed by atoms with Crippen molar-refractivity contribution in [3.8, 4) is 0 Å². The van der Waals surface area contributed by atoms with Crippen molar-refractivity contribution in [2.75, 3.05) is 99.1 Å². The van der Waals surface area contributed by atoms with Crippen molar-refractivity contribution in [3.05, 3.63) is 0 Å². The monoisotopic (exact) mass is 657 g/mol. The molecule has 0 aliphatic carbocycles. The number of nitrogens with zero attached hydrogens (tertiary/aromatic N) is 3. The van der Waals surface area contributed by atoms with E-state index < -0.39 is 26.4 Å². The molecule has 0 atom stereocenters. The molecule has 1 saturated heterocycles. The average Bonchev–Trinajstić information content (AvgIpc) is 2.95. The highest BCUT2D eigenvalue weighted by Crippen LogP contribution is 2.23. The summed E-state index contributed by atoms with van der Waals surface area (Å²) in [5.74, 6) is 0. The second-order valence-electron chi connectivity index (χ2n) is 9.80. The van der Waals surface area contributed by atoms with Crippen LogP contribution in [0, 0.1) is 0 Å². The molecule has 15 heteroatoms. The number of hydrogen-bond donors (Lipinski definition) is 0. The molecule has 1 aliphatic rings. The molecule has 0 saturated carbocycles. The van der Waals surface area contributed by atoms with Crippen molar-refractivity contribution in [1.82, 2.24) is 14.7 Å². The van der Waals surface area contributed by atoms with Crippen molar-refractivity contribution in [2.45, 2.75) is 80.4 Å². The van der Waals surface area contributed by atoms with E-state index in [0.717, 1.165) is 57.8 Å². The molecule has 42 heavy (non-hydrogen) atoms. The van der Waals surface area contributed by atoms with Crippen LogP contribution in [0.3, 0.4) is 0 Å². The van der Waals surface area contributed by atoms with Crippen LogP contribution in [0.25, 0.3) is 0 Å². The predicted molar refractivity (Wildman–Crippen MR) is 171 cm³/mol. The molecule has 0 aromatic heterocycles. The van der Waals surface area contributed by atoms with Gasteiger partial charge in [0, 0.05) is 97.2 Å². The number of rotatable bonds is 27. The minimum absolute atomic E-state index is 0.572. The summed E-state index contributed by atoms with van der Waals surface area (Å²) in [7, 11) is -8.31. The van der Waals surface area contributed by atoms with Gasteiger partial charge in [-0.3, -0.25) is 14.7 Å². The van der Waals surface area contributed by atoms with E-state index in [1.807, 2.05) is 62.3 Å². The van der Waals surface area contributed by atoms with Gasteiger partial charge in [0.25, 0.3) is 0 Å². The Bertz CT molecular complexity index is 533. The summed E-state index contributed by atoms with van der Waals surface area (Å²) in [6, 6.07) is 2.19. The van der Waals surface area contributed by atoms with Gasteiger partial charge in [-0.05, 0) is 62.3 Å². The van der Waals surface area contributed by atoms with Crippen LogP contribution in [0.15, 0.2) is 0 Å². The van der Waals surface area contributed by atoms with E-state index in [4.69, 9.17) is 39.8 Å². The Kier molecular flexibility index (Phi) is 21.7. The predicted octanol–water partition coefficient (Wildman–Crippen LogP) is 3.92. The average molecular weight is 658 g/mol. The molecule has 0 radical (unpaired) electrons. The molecule has 0 amide bonds. The molecule has 0 aromatic carbocycles. The first kappa shape index (κ1) is 40.2. The van der Waals surface area contributed by atoms with Crippen molar-refractivity contribution < 1.29 is 39.8 Å². The van der Waals surface area contributed by atoms with Crippen molar-refractivity contribution >= 4 is 26.4 Å². The van der Waals surface area contributed by atoms with Crippen LogP contribution in [0.2, 0.25) is 18.1 Å². The fourth-order valence-corrected chi connectivity index (χ4v) is 13.1. The standard InChI is InChI=1S/C27H63N3O9Si3/c1-10-31-40(32-11-2,33-12-3)22-19-28-25-29(20-23-41(34-13-4,35-14-5)36-15-6)27-30(26-28)21-24-42(37-16-7,38-17-8)39-18-9/h10-27H2,1-9H3. The van der Waals surface area contributed by atoms with Crippen LogP contribution >= 0.6 is 0 Å². The van der Waals surface area contributed by atoms with Crippen LogP contribution in [-0.2, 0) is 39.8 Å². The van der Waals surface area contributed by atoms with Crippen LogP contribution in [0.1, 0.15) is 62.3 Å². The van der Waals surface area contributed by atoms with E-state index in [2.05, 4.69) is 14.7 Å². The topological polar surface area (TPSA) is 92.8 Å². The molecule has 252 valence electrons. The van der Waals surface area contributed by atoms with Gasteiger partial charge in [0.1, 0.15) is 0 Å². The molecule has 1 aliphatic heterocycles. The van der Waals surface area contributed by atoms with Crippen LogP contribution in [0.5, 0.6) is 0 Å². The normalized spacial score (nSPS) is 16.5. The Balaban J connectivity index is 3.14. The second-order valence-corrected chi connectivity index (χ2v) is 18.0. The maximum absolute atomic E-state index is 6.15. The summed E-state index contributed by atoms with van der Waals surface area (Å²) < 4.78 is 55.4. The van der Waals surface area contributed by atoms with E-state index in [1.165, 1.54) is 0 Å². The molecule has 0 N–H and O–H groups in total. The molecule has 0 aromatic rings. The second kappa shape index (κ2) is 22.6.